The Morgan fingerprint density at radius 1 is 0.917 bits per heavy atom. The second-order valence-electron chi connectivity index (χ2n) is 6.49. The zero-order valence-electron chi connectivity index (χ0n) is 13.9. The predicted octanol–water partition coefficient (Wildman–Crippen LogP) is 4.76. The molecule has 0 saturated carbocycles. The maximum Gasteiger partial charge on any atom is 0.200 e. The summed E-state index contributed by atoms with van der Waals surface area (Å²) >= 11 is 0. The van der Waals surface area contributed by atoms with Crippen LogP contribution < -0.4 is 10.3 Å². The average Bonchev–Trinajstić information content (AvgIpc) is 2.63. The molecule has 0 amide bonds. The lowest BCUT2D eigenvalue weighted by Gasteiger charge is -2.27. The van der Waals surface area contributed by atoms with E-state index in [4.69, 9.17) is 4.42 Å². The fourth-order valence-electron chi connectivity index (χ4n) is 3.52. The highest BCUT2D eigenvalue weighted by Gasteiger charge is 2.17. The molecule has 3 heteroatoms. The van der Waals surface area contributed by atoms with Crippen LogP contribution in [0.3, 0.4) is 0 Å². The highest BCUT2D eigenvalue weighted by atomic mass is 16.4. The molecule has 2 aromatic carbocycles. The fourth-order valence-corrected chi connectivity index (χ4v) is 3.52. The normalized spacial score (nSPS) is 15.0. The van der Waals surface area contributed by atoms with E-state index in [0.29, 0.717) is 16.9 Å². The summed E-state index contributed by atoms with van der Waals surface area (Å²) in [4.78, 5) is 14.8. The molecule has 3 aromatic rings. The number of nitrogens with zero attached hydrogens (tertiary/aromatic N) is 1. The van der Waals surface area contributed by atoms with Gasteiger partial charge in [-0.05, 0) is 43.4 Å². The van der Waals surface area contributed by atoms with Crippen LogP contribution in [0.1, 0.15) is 24.8 Å². The number of rotatable bonds is 2. The van der Waals surface area contributed by atoms with Gasteiger partial charge in [-0.25, -0.2) is 0 Å². The van der Waals surface area contributed by atoms with Gasteiger partial charge in [-0.2, -0.15) is 0 Å². The largest absolute Gasteiger partial charge is 0.440 e. The molecule has 1 aromatic heterocycles. The van der Waals surface area contributed by atoms with Crippen molar-refractivity contribution in [2.45, 2.75) is 26.2 Å². The SMILES string of the molecule is Cc1ccccc1-c1cccc2c(=O)cc(N3CCCCC3)oc12. The lowest BCUT2D eigenvalue weighted by molar-refractivity contribution is 0.513. The van der Waals surface area contributed by atoms with Crippen LogP contribution in [0.25, 0.3) is 22.1 Å². The summed E-state index contributed by atoms with van der Waals surface area (Å²) < 4.78 is 6.25. The molecule has 1 aliphatic rings. The Morgan fingerprint density at radius 3 is 2.46 bits per heavy atom. The fraction of sp³-hybridized carbons (Fsp3) is 0.286. The number of fused-ring (bicyclic) bond motifs is 1. The van der Waals surface area contributed by atoms with Gasteiger partial charge in [-0.1, -0.05) is 36.4 Å². The van der Waals surface area contributed by atoms with Crippen LogP contribution in [0.5, 0.6) is 0 Å². The average molecular weight is 319 g/mol. The molecule has 2 heterocycles. The molecule has 0 spiro atoms. The maximum absolute atomic E-state index is 12.6. The number of benzene rings is 2. The van der Waals surface area contributed by atoms with Gasteiger partial charge in [0.15, 0.2) is 11.3 Å². The molecule has 0 bridgehead atoms. The first-order valence-corrected chi connectivity index (χ1v) is 8.62. The van der Waals surface area contributed by atoms with Gasteiger partial charge in [0.1, 0.15) is 5.58 Å². The number of aryl methyl sites for hydroxylation is 1. The van der Waals surface area contributed by atoms with Crippen molar-refractivity contribution in [2.24, 2.45) is 0 Å². The molecule has 1 aliphatic heterocycles. The molecule has 0 atom stereocenters. The standard InChI is InChI=1S/C21H21NO2/c1-15-8-3-4-9-16(15)17-10-7-11-18-19(23)14-20(24-21(17)18)22-12-5-2-6-13-22/h3-4,7-11,14H,2,5-6,12-13H2,1H3. The first kappa shape index (κ1) is 15.0. The van der Waals surface area contributed by atoms with Crippen molar-refractivity contribution < 1.29 is 4.42 Å². The minimum absolute atomic E-state index is 0.0345. The van der Waals surface area contributed by atoms with E-state index in [-0.39, 0.29) is 5.43 Å². The van der Waals surface area contributed by atoms with E-state index in [0.717, 1.165) is 37.1 Å². The van der Waals surface area contributed by atoms with E-state index >= 15 is 0 Å². The Kier molecular flexibility index (Phi) is 3.85. The molecule has 4 rings (SSSR count). The van der Waals surface area contributed by atoms with Crippen LogP contribution in [0.15, 0.2) is 57.7 Å². The zero-order chi connectivity index (χ0) is 16.5. The summed E-state index contributed by atoms with van der Waals surface area (Å²) in [6, 6.07) is 15.7. The van der Waals surface area contributed by atoms with Gasteiger partial charge in [0, 0.05) is 24.7 Å². The lowest BCUT2D eigenvalue weighted by atomic mass is 9.98. The van der Waals surface area contributed by atoms with E-state index in [1.54, 1.807) is 6.07 Å². The summed E-state index contributed by atoms with van der Waals surface area (Å²) in [6.07, 6.45) is 3.56. The molecule has 24 heavy (non-hydrogen) atoms. The Morgan fingerprint density at radius 2 is 1.67 bits per heavy atom. The number of hydrogen-bond acceptors (Lipinski definition) is 3. The van der Waals surface area contributed by atoms with E-state index < -0.39 is 0 Å². The van der Waals surface area contributed by atoms with Crippen molar-refractivity contribution in [3.8, 4) is 11.1 Å². The van der Waals surface area contributed by atoms with Gasteiger partial charge < -0.3 is 9.32 Å². The third kappa shape index (κ3) is 2.60. The van der Waals surface area contributed by atoms with Crippen molar-refractivity contribution in [3.63, 3.8) is 0 Å². The van der Waals surface area contributed by atoms with Crippen molar-refractivity contribution in [3.05, 3.63) is 64.3 Å². The van der Waals surface area contributed by atoms with Gasteiger partial charge in [0.2, 0.25) is 0 Å². The minimum Gasteiger partial charge on any atom is -0.440 e. The second-order valence-corrected chi connectivity index (χ2v) is 6.49. The second kappa shape index (κ2) is 6.16. The number of hydrogen-bond donors (Lipinski definition) is 0. The topological polar surface area (TPSA) is 33.5 Å². The molecular weight excluding hydrogens is 298 g/mol. The van der Waals surface area contributed by atoms with Crippen LogP contribution in [-0.4, -0.2) is 13.1 Å². The van der Waals surface area contributed by atoms with E-state index in [9.17, 15) is 4.79 Å². The Bertz CT molecular complexity index is 936. The third-order valence-corrected chi connectivity index (χ3v) is 4.84. The van der Waals surface area contributed by atoms with Gasteiger partial charge in [-0.3, -0.25) is 4.79 Å². The van der Waals surface area contributed by atoms with E-state index in [2.05, 4.69) is 24.0 Å². The Labute approximate surface area is 141 Å². The first-order chi connectivity index (χ1) is 11.7. The monoisotopic (exact) mass is 319 g/mol. The number of para-hydroxylation sites is 1. The van der Waals surface area contributed by atoms with Gasteiger partial charge in [0.25, 0.3) is 0 Å². The van der Waals surface area contributed by atoms with Crippen molar-refractivity contribution >= 4 is 16.9 Å². The Hall–Kier alpha value is -2.55. The molecular formula is C21H21NO2. The van der Waals surface area contributed by atoms with Crippen LogP contribution in [-0.2, 0) is 0 Å². The van der Waals surface area contributed by atoms with Gasteiger partial charge in [-0.15, -0.1) is 0 Å². The molecule has 3 nitrogen and oxygen atoms in total. The summed E-state index contributed by atoms with van der Waals surface area (Å²) in [5.74, 6) is 0.702. The summed E-state index contributed by atoms with van der Waals surface area (Å²) in [5.41, 5.74) is 4.01. The van der Waals surface area contributed by atoms with Crippen LogP contribution in [0.4, 0.5) is 5.88 Å². The van der Waals surface area contributed by atoms with Gasteiger partial charge >= 0.3 is 0 Å². The van der Waals surface area contributed by atoms with E-state index in [1.165, 1.54) is 12.0 Å². The lowest BCUT2D eigenvalue weighted by Crippen LogP contribution is -2.30. The zero-order valence-corrected chi connectivity index (χ0v) is 13.9. The summed E-state index contributed by atoms with van der Waals surface area (Å²) in [5, 5.41) is 0.650. The number of anilines is 1. The minimum atomic E-state index is 0.0345. The van der Waals surface area contributed by atoms with Crippen LogP contribution >= 0.6 is 0 Å². The molecule has 0 N–H and O–H groups in total. The van der Waals surface area contributed by atoms with Crippen molar-refractivity contribution in [1.82, 2.24) is 0 Å². The first-order valence-electron chi connectivity index (χ1n) is 8.62. The molecule has 1 saturated heterocycles. The highest BCUT2D eigenvalue weighted by molar-refractivity contribution is 5.93. The molecule has 0 aliphatic carbocycles. The van der Waals surface area contributed by atoms with Crippen LogP contribution in [0.2, 0.25) is 0 Å². The van der Waals surface area contributed by atoms with E-state index in [1.807, 2.05) is 30.3 Å². The molecule has 122 valence electrons. The highest BCUT2D eigenvalue weighted by Crippen LogP contribution is 2.32. The molecule has 0 unspecified atom stereocenters. The number of piperidine rings is 1. The van der Waals surface area contributed by atoms with Crippen LogP contribution in [0, 0.1) is 6.92 Å². The smallest absolute Gasteiger partial charge is 0.200 e. The van der Waals surface area contributed by atoms with Crippen molar-refractivity contribution in [1.29, 1.82) is 0 Å². The van der Waals surface area contributed by atoms with Crippen molar-refractivity contribution in [2.75, 3.05) is 18.0 Å². The summed E-state index contributed by atoms with van der Waals surface area (Å²) in [6.45, 7) is 4.00. The Balaban J connectivity index is 1.93. The molecule has 1 fully saturated rings. The predicted molar refractivity (Wildman–Crippen MR) is 98.7 cm³/mol. The third-order valence-electron chi connectivity index (χ3n) is 4.84. The summed E-state index contributed by atoms with van der Waals surface area (Å²) in [7, 11) is 0. The quantitative estimate of drug-likeness (QED) is 0.683. The molecule has 0 radical (unpaired) electrons. The maximum atomic E-state index is 12.6. The van der Waals surface area contributed by atoms with Gasteiger partial charge in [0.05, 0.1) is 5.39 Å².